The number of hydrogen-bond acceptors (Lipinski definition) is 6. The van der Waals surface area contributed by atoms with Gasteiger partial charge in [-0.15, -0.1) is 6.58 Å². The summed E-state index contributed by atoms with van der Waals surface area (Å²) in [6, 6.07) is 19.5. The Balaban J connectivity index is 1.50. The average molecular weight is 493 g/mol. The number of rotatable bonds is 12. The molecule has 3 aromatic rings. The van der Waals surface area contributed by atoms with Crippen LogP contribution in [0, 0.1) is 6.92 Å². The fourth-order valence-electron chi connectivity index (χ4n) is 4.15. The Morgan fingerprint density at radius 3 is 2.33 bits per heavy atom. The first kappa shape index (κ1) is 25.8. The summed E-state index contributed by atoms with van der Waals surface area (Å²) in [7, 11) is 0. The second-order valence-electron chi connectivity index (χ2n) is 8.72. The maximum Gasteiger partial charge on any atom is 0.335 e. The third-order valence-corrected chi connectivity index (χ3v) is 6.01. The number of nitrogens with zero attached hydrogens (tertiary/aromatic N) is 2. The van der Waals surface area contributed by atoms with Crippen LogP contribution in [0.1, 0.15) is 29.3 Å². The molecule has 2 aromatic carbocycles. The topological polar surface area (TPSA) is 80.9 Å². The molecule has 0 saturated carbocycles. The van der Waals surface area contributed by atoms with E-state index in [1.807, 2.05) is 60.7 Å². The lowest BCUT2D eigenvalue weighted by molar-refractivity contribution is -0.0777. The normalized spacial score (nSPS) is 19.4. The van der Waals surface area contributed by atoms with Gasteiger partial charge in [0.15, 0.2) is 0 Å². The van der Waals surface area contributed by atoms with Crippen molar-refractivity contribution in [1.82, 2.24) is 9.13 Å². The first-order chi connectivity index (χ1) is 17.6. The van der Waals surface area contributed by atoms with Gasteiger partial charge < -0.3 is 18.9 Å². The molecule has 0 unspecified atom stereocenters. The molecule has 4 rings (SSSR count). The summed E-state index contributed by atoms with van der Waals surface area (Å²) in [6.45, 7) is 6.60. The van der Waals surface area contributed by atoms with E-state index in [2.05, 4.69) is 6.58 Å². The standard InChI is InChI=1S/C28H32N2O6/c1-3-14-33-19-25-24(35-18-23-12-8-5-9-13-23)15-26(36-25)29-16-21(2)27(31)30(28(29)32)20-34-17-22-10-6-4-7-11-22/h3-13,16,24-26H,1,14-15,17-20H2,2H3/t24-,25+,26+/m0/s1. The predicted octanol–water partition coefficient (Wildman–Crippen LogP) is 3.57. The highest BCUT2D eigenvalue weighted by Gasteiger charge is 2.38. The lowest BCUT2D eigenvalue weighted by Crippen LogP contribution is -2.42. The van der Waals surface area contributed by atoms with E-state index in [4.69, 9.17) is 18.9 Å². The Bertz CT molecular complexity index is 1240. The van der Waals surface area contributed by atoms with Gasteiger partial charge in [0.2, 0.25) is 0 Å². The van der Waals surface area contributed by atoms with Crippen LogP contribution in [0.3, 0.4) is 0 Å². The molecule has 1 fully saturated rings. The minimum atomic E-state index is -0.602. The molecule has 36 heavy (non-hydrogen) atoms. The van der Waals surface area contributed by atoms with E-state index in [0.717, 1.165) is 15.7 Å². The van der Waals surface area contributed by atoms with Crippen LogP contribution in [-0.2, 0) is 38.9 Å². The van der Waals surface area contributed by atoms with Crippen molar-refractivity contribution in [1.29, 1.82) is 0 Å². The summed E-state index contributed by atoms with van der Waals surface area (Å²) < 4.78 is 26.3. The molecule has 190 valence electrons. The van der Waals surface area contributed by atoms with Crippen LogP contribution in [0.4, 0.5) is 0 Å². The molecule has 0 radical (unpaired) electrons. The number of aromatic nitrogens is 2. The van der Waals surface area contributed by atoms with Gasteiger partial charge >= 0.3 is 5.69 Å². The van der Waals surface area contributed by atoms with Crippen molar-refractivity contribution < 1.29 is 18.9 Å². The van der Waals surface area contributed by atoms with Crippen molar-refractivity contribution in [3.8, 4) is 0 Å². The number of benzene rings is 2. The minimum absolute atomic E-state index is 0.152. The van der Waals surface area contributed by atoms with Crippen LogP contribution in [0.5, 0.6) is 0 Å². The molecule has 1 saturated heterocycles. The van der Waals surface area contributed by atoms with Crippen LogP contribution in [0.25, 0.3) is 0 Å². The molecular weight excluding hydrogens is 460 g/mol. The van der Waals surface area contributed by atoms with E-state index in [9.17, 15) is 9.59 Å². The predicted molar refractivity (Wildman–Crippen MR) is 135 cm³/mol. The molecule has 0 amide bonds. The van der Waals surface area contributed by atoms with Crippen LogP contribution >= 0.6 is 0 Å². The Labute approximate surface area is 210 Å². The van der Waals surface area contributed by atoms with Gasteiger partial charge in [-0.25, -0.2) is 9.36 Å². The maximum atomic E-state index is 13.3. The zero-order valence-corrected chi connectivity index (χ0v) is 20.5. The zero-order chi connectivity index (χ0) is 25.3. The monoisotopic (exact) mass is 492 g/mol. The molecule has 8 nitrogen and oxygen atoms in total. The summed E-state index contributed by atoms with van der Waals surface area (Å²) in [6.07, 6.45) is 2.39. The molecule has 2 heterocycles. The smallest absolute Gasteiger partial charge is 0.335 e. The van der Waals surface area contributed by atoms with Gasteiger partial charge in [0, 0.05) is 18.2 Å². The van der Waals surface area contributed by atoms with Gasteiger partial charge in [0.25, 0.3) is 5.56 Å². The molecule has 0 spiro atoms. The quantitative estimate of drug-likeness (QED) is 0.284. The molecule has 8 heteroatoms. The van der Waals surface area contributed by atoms with Crippen LogP contribution in [0.2, 0.25) is 0 Å². The highest BCUT2D eigenvalue weighted by molar-refractivity contribution is 5.14. The summed E-state index contributed by atoms with van der Waals surface area (Å²) in [5.74, 6) is 0. The largest absolute Gasteiger partial charge is 0.375 e. The molecule has 1 aromatic heterocycles. The van der Waals surface area contributed by atoms with Crippen LogP contribution in [0.15, 0.2) is 89.1 Å². The van der Waals surface area contributed by atoms with Gasteiger partial charge in [-0.2, -0.15) is 0 Å². The minimum Gasteiger partial charge on any atom is -0.375 e. The SMILES string of the molecule is C=CCOC[C@H]1O[C@@H](n2cc(C)c(=O)n(COCc3ccccc3)c2=O)C[C@@H]1OCc1ccccc1. The highest BCUT2D eigenvalue weighted by Crippen LogP contribution is 2.31. The van der Waals surface area contributed by atoms with Crippen LogP contribution < -0.4 is 11.2 Å². The molecule has 0 N–H and O–H groups in total. The Hall–Kier alpha value is -3.30. The van der Waals surface area contributed by atoms with E-state index in [1.165, 1.54) is 4.57 Å². The third-order valence-electron chi connectivity index (χ3n) is 6.01. The lowest BCUT2D eigenvalue weighted by atomic mass is 10.1. The Morgan fingerprint density at radius 1 is 1.00 bits per heavy atom. The Kier molecular flexibility index (Phi) is 9.02. The van der Waals surface area contributed by atoms with Crippen LogP contribution in [-0.4, -0.2) is 34.6 Å². The second kappa shape index (κ2) is 12.6. The summed E-state index contributed by atoms with van der Waals surface area (Å²) in [5.41, 5.74) is 1.56. The number of ether oxygens (including phenoxy) is 4. The summed E-state index contributed by atoms with van der Waals surface area (Å²) in [5, 5.41) is 0. The van der Waals surface area contributed by atoms with Gasteiger partial charge in [-0.1, -0.05) is 66.7 Å². The first-order valence-corrected chi connectivity index (χ1v) is 12.0. The van der Waals surface area contributed by atoms with Crippen molar-refractivity contribution in [3.05, 3.63) is 117 Å². The van der Waals surface area contributed by atoms with E-state index >= 15 is 0 Å². The van der Waals surface area contributed by atoms with Gasteiger partial charge in [0.05, 0.1) is 32.5 Å². The van der Waals surface area contributed by atoms with E-state index < -0.39 is 11.9 Å². The van der Waals surface area contributed by atoms with Crippen molar-refractivity contribution in [2.24, 2.45) is 0 Å². The fraction of sp³-hybridized carbons (Fsp3) is 0.357. The maximum absolute atomic E-state index is 13.3. The molecule has 3 atom stereocenters. The van der Waals surface area contributed by atoms with Crippen molar-refractivity contribution in [2.45, 2.75) is 51.7 Å². The van der Waals surface area contributed by atoms with Crippen molar-refractivity contribution in [3.63, 3.8) is 0 Å². The first-order valence-electron chi connectivity index (χ1n) is 12.0. The number of aryl methyl sites for hydroxylation is 1. The third kappa shape index (κ3) is 6.47. The molecule has 0 bridgehead atoms. The molecule has 1 aliphatic rings. The molecular formula is C28H32N2O6. The van der Waals surface area contributed by atoms with E-state index in [1.54, 1.807) is 19.2 Å². The van der Waals surface area contributed by atoms with E-state index in [0.29, 0.717) is 38.4 Å². The van der Waals surface area contributed by atoms with Gasteiger partial charge in [0.1, 0.15) is 19.1 Å². The number of hydrogen-bond donors (Lipinski definition) is 0. The average Bonchev–Trinajstić information content (AvgIpc) is 3.31. The summed E-state index contributed by atoms with van der Waals surface area (Å²) in [4.78, 5) is 26.0. The summed E-state index contributed by atoms with van der Waals surface area (Å²) >= 11 is 0. The zero-order valence-electron chi connectivity index (χ0n) is 20.5. The molecule has 0 aliphatic carbocycles. The van der Waals surface area contributed by atoms with Crippen molar-refractivity contribution in [2.75, 3.05) is 13.2 Å². The van der Waals surface area contributed by atoms with Gasteiger partial charge in [-0.05, 0) is 18.1 Å². The highest BCUT2D eigenvalue weighted by atomic mass is 16.6. The van der Waals surface area contributed by atoms with E-state index in [-0.39, 0.29) is 24.5 Å². The second-order valence-corrected chi connectivity index (χ2v) is 8.72. The van der Waals surface area contributed by atoms with Gasteiger partial charge in [-0.3, -0.25) is 9.36 Å². The Morgan fingerprint density at radius 2 is 1.67 bits per heavy atom. The molecule has 1 aliphatic heterocycles. The lowest BCUT2D eigenvalue weighted by Gasteiger charge is -2.19. The van der Waals surface area contributed by atoms with Crippen molar-refractivity contribution >= 4 is 0 Å². The fourth-order valence-corrected chi connectivity index (χ4v) is 4.15.